The molecule has 0 saturated heterocycles. The van der Waals surface area contributed by atoms with Crippen LogP contribution in [-0.4, -0.2) is 20.1 Å². The lowest BCUT2D eigenvalue weighted by Crippen LogP contribution is -2.11. The van der Waals surface area contributed by atoms with E-state index >= 15 is 0 Å². The molecular weight excluding hydrogens is 281 g/mol. The first-order chi connectivity index (χ1) is 10.8. The van der Waals surface area contributed by atoms with Crippen LogP contribution >= 0.6 is 0 Å². The van der Waals surface area contributed by atoms with Gasteiger partial charge in [-0.25, -0.2) is 9.07 Å². The lowest BCUT2D eigenvalue weighted by Gasteiger charge is -2.21. The average Bonchev–Trinajstić information content (AvgIpc) is 2.97. The number of benzene rings is 1. The minimum absolute atomic E-state index is 0.158. The summed E-state index contributed by atoms with van der Waals surface area (Å²) in [5.74, 6) is 0.403. The van der Waals surface area contributed by atoms with E-state index in [1.807, 2.05) is 0 Å². The minimum Gasteiger partial charge on any atom is -0.390 e. The first-order valence-electron chi connectivity index (χ1n) is 8.09. The molecule has 2 aromatic rings. The van der Waals surface area contributed by atoms with Crippen molar-refractivity contribution in [3.63, 3.8) is 0 Å². The number of hydrogen-bond donors (Lipinski definition) is 1. The first kappa shape index (κ1) is 15.2. The molecule has 1 aromatic carbocycles. The molecule has 0 spiro atoms. The van der Waals surface area contributed by atoms with Gasteiger partial charge in [0.1, 0.15) is 17.2 Å². The number of aliphatic hydroxyl groups is 1. The van der Waals surface area contributed by atoms with E-state index in [0.717, 1.165) is 24.5 Å². The molecule has 0 radical (unpaired) electrons. The Bertz CT molecular complexity index is 620. The fourth-order valence-corrected chi connectivity index (χ4v) is 3.34. The minimum atomic E-state index is -0.323. The molecule has 22 heavy (non-hydrogen) atoms. The highest BCUT2D eigenvalue weighted by molar-refractivity contribution is 5.35. The second-order valence-corrected chi connectivity index (χ2v) is 6.05. The van der Waals surface area contributed by atoms with Gasteiger partial charge in [-0.2, -0.15) is 0 Å². The molecule has 118 valence electrons. The van der Waals surface area contributed by atoms with Crippen molar-refractivity contribution in [1.29, 1.82) is 0 Å². The Morgan fingerprint density at radius 3 is 2.68 bits per heavy atom. The standard InChI is InChI=1S/C17H22FN3O/c18-14-8-4-5-9-16(14)21-17(15(12-22)19-20-21)11-10-13-6-2-1-3-7-13/h4-5,8-9,13,22H,1-3,6-7,10-12H2. The summed E-state index contributed by atoms with van der Waals surface area (Å²) in [6.45, 7) is -0.158. The van der Waals surface area contributed by atoms with E-state index in [1.165, 1.54) is 38.2 Å². The molecule has 1 aliphatic carbocycles. The Morgan fingerprint density at radius 1 is 1.18 bits per heavy atom. The van der Waals surface area contributed by atoms with E-state index < -0.39 is 0 Å². The second kappa shape index (κ2) is 7.01. The largest absolute Gasteiger partial charge is 0.390 e. The maximum absolute atomic E-state index is 14.0. The van der Waals surface area contributed by atoms with Crippen molar-refractivity contribution in [2.45, 2.75) is 51.6 Å². The monoisotopic (exact) mass is 303 g/mol. The van der Waals surface area contributed by atoms with Crippen LogP contribution < -0.4 is 0 Å². The van der Waals surface area contributed by atoms with Gasteiger partial charge in [0.05, 0.1) is 12.3 Å². The molecule has 0 amide bonds. The average molecular weight is 303 g/mol. The van der Waals surface area contributed by atoms with Crippen LogP contribution in [0.15, 0.2) is 24.3 Å². The zero-order valence-corrected chi connectivity index (χ0v) is 12.7. The van der Waals surface area contributed by atoms with Crippen molar-refractivity contribution in [1.82, 2.24) is 15.0 Å². The molecule has 3 rings (SSSR count). The van der Waals surface area contributed by atoms with Crippen molar-refractivity contribution in [2.75, 3.05) is 0 Å². The Balaban J connectivity index is 1.82. The Kier molecular flexibility index (Phi) is 4.83. The Labute approximate surface area is 130 Å². The second-order valence-electron chi connectivity index (χ2n) is 6.05. The molecule has 1 heterocycles. The smallest absolute Gasteiger partial charge is 0.148 e. The van der Waals surface area contributed by atoms with Crippen LogP contribution in [-0.2, 0) is 13.0 Å². The van der Waals surface area contributed by atoms with Crippen LogP contribution in [0.1, 0.15) is 49.9 Å². The number of halogens is 1. The quantitative estimate of drug-likeness (QED) is 0.921. The molecular formula is C17H22FN3O. The van der Waals surface area contributed by atoms with Crippen LogP contribution in [0.5, 0.6) is 0 Å². The van der Waals surface area contributed by atoms with Crippen LogP contribution in [0.3, 0.4) is 0 Å². The van der Waals surface area contributed by atoms with Gasteiger partial charge >= 0.3 is 0 Å². The van der Waals surface area contributed by atoms with E-state index in [4.69, 9.17) is 0 Å². The maximum atomic E-state index is 14.0. The van der Waals surface area contributed by atoms with Gasteiger partial charge in [0.2, 0.25) is 0 Å². The van der Waals surface area contributed by atoms with E-state index in [0.29, 0.717) is 11.4 Å². The van der Waals surface area contributed by atoms with Gasteiger partial charge in [0.15, 0.2) is 0 Å². The topological polar surface area (TPSA) is 50.9 Å². The normalized spacial score (nSPS) is 16.1. The van der Waals surface area contributed by atoms with Gasteiger partial charge in [-0.3, -0.25) is 0 Å². The van der Waals surface area contributed by atoms with Gasteiger partial charge in [-0.15, -0.1) is 5.10 Å². The molecule has 1 aromatic heterocycles. The summed E-state index contributed by atoms with van der Waals surface area (Å²) < 4.78 is 15.6. The molecule has 0 bridgehead atoms. The molecule has 1 fully saturated rings. The summed E-state index contributed by atoms with van der Waals surface area (Å²) >= 11 is 0. The van der Waals surface area contributed by atoms with Crippen LogP contribution in [0.2, 0.25) is 0 Å². The third-order valence-electron chi connectivity index (χ3n) is 4.59. The number of aliphatic hydroxyl groups excluding tert-OH is 1. The lowest BCUT2D eigenvalue weighted by molar-refractivity contribution is 0.274. The first-order valence-corrected chi connectivity index (χ1v) is 8.09. The fraction of sp³-hybridized carbons (Fsp3) is 0.529. The summed E-state index contributed by atoms with van der Waals surface area (Å²) in [6.07, 6.45) is 8.33. The van der Waals surface area contributed by atoms with Crippen LogP contribution in [0.25, 0.3) is 5.69 Å². The molecule has 4 nitrogen and oxygen atoms in total. The molecule has 1 N–H and O–H groups in total. The highest BCUT2D eigenvalue weighted by Gasteiger charge is 2.19. The van der Waals surface area contributed by atoms with Crippen molar-refractivity contribution >= 4 is 0 Å². The predicted molar refractivity (Wildman–Crippen MR) is 82.1 cm³/mol. The van der Waals surface area contributed by atoms with Gasteiger partial charge in [-0.05, 0) is 30.9 Å². The summed E-state index contributed by atoms with van der Waals surface area (Å²) in [5.41, 5.74) is 1.78. The number of nitrogens with zero attached hydrogens (tertiary/aromatic N) is 3. The van der Waals surface area contributed by atoms with Crippen molar-refractivity contribution in [3.05, 3.63) is 41.5 Å². The predicted octanol–water partition coefficient (Wildman–Crippen LogP) is 3.41. The Hall–Kier alpha value is -1.75. The summed E-state index contributed by atoms with van der Waals surface area (Å²) in [7, 11) is 0. The zero-order valence-electron chi connectivity index (χ0n) is 12.7. The van der Waals surface area contributed by atoms with Crippen LogP contribution in [0.4, 0.5) is 4.39 Å². The molecule has 0 unspecified atom stereocenters. The zero-order chi connectivity index (χ0) is 15.4. The van der Waals surface area contributed by atoms with E-state index in [1.54, 1.807) is 22.9 Å². The molecule has 1 saturated carbocycles. The molecule has 5 heteroatoms. The van der Waals surface area contributed by atoms with Crippen molar-refractivity contribution in [2.24, 2.45) is 5.92 Å². The van der Waals surface area contributed by atoms with Gasteiger partial charge in [0.25, 0.3) is 0 Å². The highest BCUT2D eigenvalue weighted by atomic mass is 19.1. The molecule has 0 atom stereocenters. The van der Waals surface area contributed by atoms with Gasteiger partial charge in [0, 0.05) is 0 Å². The van der Waals surface area contributed by atoms with Gasteiger partial charge in [-0.1, -0.05) is 49.5 Å². The van der Waals surface area contributed by atoms with Crippen LogP contribution in [0, 0.1) is 11.7 Å². The maximum Gasteiger partial charge on any atom is 0.148 e. The highest BCUT2D eigenvalue weighted by Crippen LogP contribution is 2.28. The SMILES string of the molecule is OCc1nnn(-c2ccccc2F)c1CCC1CCCCC1. The molecule has 1 aliphatic rings. The summed E-state index contributed by atoms with van der Waals surface area (Å²) in [5, 5.41) is 17.5. The third-order valence-corrected chi connectivity index (χ3v) is 4.59. The van der Waals surface area contributed by atoms with E-state index in [-0.39, 0.29) is 12.4 Å². The number of para-hydroxylation sites is 1. The summed E-state index contributed by atoms with van der Waals surface area (Å²) in [6, 6.07) is 6.55. The summed E-state index contributed by atoms with van der Waals surface area (Å²) in [4.78, 5) is 0. The van der Waals surface area contributed by atoms with Gasteiger partial charge < -0.3 is 5.11 Å². The van der Waals surface area contributed by atoms with Crippen molar-refractivity contribution in [3.8, 4) is 5.69 Å². The van der Waals surface area contributed by atoms with Crippen molar-refractivity contribution < 1.29 is 9.50 Å². The number of aromatic nitrogens is 3. The van der Waals surface area contributed by atoms with E-state index in [9.17, 15) is 9.50 Å². The van der Waals surface area contributed by atoms with E-state index in [2.05, 4.69) is 10.3 Å². The number of rotatable bonds is 5. The third kappa shape index (κ3) is 3.19. The Morgan fingerprint density at radius 2 is 1.95 bits per heavy atom. The fourth-order valence-electron chi connectivity index (χ4n) is 3.34. The lowest BCUT2D eigenvalue weighted by atomic mass is 9.85. The number of hydrogen-bond acceptors (Lipinski definition) is 3. The molecule has 0 aliphatic heterocycles.